The first-order chi connectivity index (χ1) is 22.0. The van der Waals surface area contributed by atoms with Gasteiger partial charge >= 0.3 is 18.2 Å². The van der Waals surface area contributed by atoms with Crippen LogP contribution < -0.4 is 26.2 Å². The van der Waals surface area contributed by atoms with E-state index in [0.29, 0.717) is 22.6 Å². The van der Waals surface area contributed by atoms with Crippen LogP contribution >= 0.6 is 0 Å². The van der Waals surface area contributed by atoms with E-state index in [4.69, 9.17) is 9.47 Å². The average Bonchev–Trinajstić information content (AvgIpc) is 2.96. The standard InChI is InChI=1S/C35H46N6O6/c1-34(2,3)46-32(44)36-21-22-41(31(43)37-26-17-19-27(20-18-26)40(7)8)23-24-13-15-25(16-14-24)30(42)38-28-11-9-10-12-29(28)39-33(45)47-35(4,5)6/h9-20H,21-23H2,1-8H3,(H,36,44)(H,37,43)(H,38,42)(H,39,45). The maximum atomic E-state index is 13.4. The van der Waals surface area contributed by atoms with Crippen molar-refractivity contribution in [3.63, 3.8) is 0 Å². The molecule has 12 nitrogen and oxygen atoms in total. The Morgan fingerprint density at radius 2 is 1.23 bits per heavy atom. The van der Waals surface area contributed by atoms with Crippen LogP contribution in [0.3, 0.4) is 0 Å². The number of alkyl carbamates (subject to hydrolysis) is 1. The molecule has 12 heteroatoms. The molecule has 0 heterocycles. The lowest BCUT2D eigenvalue weighted by Gasteiger charge is -2.25. The number of anilines is 4. The Kier molecular flexibility index (Phi) is 12.2. The Labute approximate surface area is 276 Å². The first-order valence-corrected chi connectivity index (χ1v) is 15.3. The number of benzene rings is 3. The number of carbonyl (C=O) groups is 4. The van der Waals surface area contributed by atoms with E-state index < -0.39 is 23.4 Å². The lowest BCUT2D eigenvalue weighted by atomic mass is 10.1. The van der Waals surface area contributed by atoms with Crippen molar-refractivity contribution < 1.29 is 28.7 Å². The van der Waals surface area contributed by atoms with E-state index in [9.17, 15) is 19.2 Å². The minimum atomic E-state index is -0.674. The molecule has 0 fully saturated rings. The molecule has 3 aromatic rings. The van der Waals surface area contributed by atoms with Crippen molar-refractivity contribution in [3.8, 4) is 0 Å². The normalized spacial score (nSPS) is 11.1. The van der Waals surface area contributed by atoms with Gasteiger partial charge in [0.25, 0.3) is 5.91 Å². The third-order valence-electron chi connectivity index (χ3n) is 6.37. The quantitative estimate of drug-likeness (QED) is 0.188. The first kappa shape index (κ1) is 36.2. The van der Waals surface area contributed by atoms with E-state index in [1.807, 2.05) is 43.3 Å². The Morgan fingerprint density at radius 1 is 0.681 bits per heavy atom. The summed E-state index contributed by atoms with van der Waals surface area (Å²) >= 11 is 0. The van der Waals surface area contributed by atoms with Gasteiger partial charge in [-0.1, -0.05) is 24.3 Å². The van der Waals surface area contributed by atoms with Gasteiger partial charge < -0.3 is 35.2 Å². The van der Waals surface area contributed by atoms with Crippen molar-refractivity contribution in [2.45, 2.75) is 59.3 Å². The maximum Gasteiger partial charge on any atom is 0.412 e. The van der Waals surface area contributed by atoms with Crippen molar-refractivity contribution in [1.82, 2.24) is 10.2 Å². The van der Waals surface area contributed by atoms with E-state index in [2.05, 4.69) is 21.3 Å². The van der Waals surface area contributed by atoms with Gasteiger partial charge in [-0.2, -0.15) is 0 Å². The van der Waals surface area contributed by atoms with Crippen LogP contribution in [0.2, 0.25) is 0 Å². The van der Waals surface area contributed by atoms with Crippen LogP contribution in [-0.4, -0.2) is 67.4 Å². The van der Waals surface area contributed by atoms with Gasteiger partial charge in [-0.05, 0) is 95.6 Å². The maximum absolute atomic E-state index is 13.4. The molecule has 0 aliphatic carbocycles. The van der Waals surface area contributed by atoms with Gasteiger partial charge in [0, 0.05) is 50.7 Å². The number of carbonyl (C=O) groups excluding carboxylic acids is 4. The Hall–Kier alpha value is -5.26. The van der Waals surface area contributed by atoms with Crippen LogP contribution in [-0.2, 0) is 16.0 Å². The van der Waals surface area contributed by atoms with Crippen LogP contribution in [0.5, 0.6) is 0 Å². The van der Waals surface area contributed by atoms with E-state index in [-0.39, 0.29) is 31.6 Å². The Bertz CT molecular complexity index is 1530. The molecule has 0 saturated heterocycles. The predicted molar refractivity (Wildman–Crippen MR) is 185 cm³/mol. The molecule has 0 aliphatic heterocycles. The molecule has 0 unspecified atom stereocenters. The number of rotatable bonds is 10. The van der Waals surface area contributed by atoms with Crippen molar-refractivity contribution >= 4 is 46.9 Å². The monoisotopic (exact) mass is 646 g/mol. The second kappa shape index (κ2) is 15.8. The number of ether oxygens (including phenoxy) is 2. The van der Waals surface area contributed by atoms with E-state index in [1.165, 1.54) is 0 Å². The zero-order valence-corrected chi connectivity index (χ0v) is 28.4. The van der Waals surface area contributed by atoms with E-state index in [1.54, 1.807) is 95.0 Å². The van der Waals surface area contributed by atoms with Crippen LogP contribution in [0.15, 0.2) is 72.8 Å². The van der Waals surface area contributed by atoms with Crippen LogP contribution in [0.25, 0.3) is 0 Å². The molecule has 0 aromatic heterocycles. The predicted octanol–water partition coefficient (Wildman–Crippen LogP) is 6.91. The molecule has 0 aliphatic rings. The van der Waals surface area contributed by atoms with Gasteiger partial charge in [-0.15, -0.1) is 0 Å². The highest BCUT2D eigenvalue weighted by Gasteiger charge is 2.20. The molecule has 0 bridgehead atoms. The molecule has 5 amide bonds. The number of hydrogen-bond donors (Lipinski definition) is 4. The lowest BCUT2D eigenvalue weighted by molar-refractivity contribution is 0.0522. The van der Waals surface area contributed by atoms with E-state index >= 15 is 0 Å². The smallest absolute Gasteiger partial charge is 0.412 e. The number of para-hydroxylation sites is 2. The van der Waals surface area contributed by atoms with Crippen molar-refractivity contribution in [1.29, 1.82) is 0 Å². The number of urea groups is 1. The third-order valence-corrected chi connectivity index (χ3v) is 6.37. The van der Waals surface area contributed by atoms with Crippen molar-refractivity contribution in [2.75, 3.05) is 48.0 Å². The van der Waals surface area contributed by atoms with Crippen LogP contribution in [0.1, 0.15) is 57.5 Å². The SMILES string of the molecule is CN(C)c1ccc(NC(=O)N(CCNC(=O)OC(C)(C)C)Cc2ccc(C(=O)Nc3ccccc3NC(=O)OC(C)(C)C)cc2)cc1. The summed E-state index contributed by atoms with van der Waals surface area (Å²) in [4.78, 5) is 54.5. The largest absolute Gasteiger partial charge is 0.444 e. The highest BCUT2D eigenvalue weighted by atomic mass is 16.6. The fraction of sp³-hybridized carbons (Fsp3) is 0.371. The summed E-state index contributed by atoms with van der Waals surface area (Å²) in [6, 6.07) is 20.7. The summed E-state index contributed by atoms with van der Waals surface area (Å²) in [5, 5.41) is 11.1. The fourth-order valence-electron chi connectivity index (χ4n) is 4.20. The Morgan fingerprint density at radius 3 is 1.79 bits per heavy atom. The lowest BCUT2D eigenvalue weighted by Crippen LogP contribution is -2.41. The zero-order valence-electron chi connectivity index (χ0n) is 28.4. The fourth-order valence-corrected chi connectivity index (χ4v) is 4.20. The minimum absolute atomic E-state index is 0.166. The molecule has 4 N–H and O–H groups in total. The summed E-state index contributed by atoms with van der Waals surface area (Å²) < 4.78 is 10.6. The number of amides is 5. The zero-order chi connectivity index (χ0) is 34.8. The van der Waals surface area contributed by atoms with Gasteiger partial charge in [0.1, 0.15) is 11.2 Å². The summed E-state index contributed by atoms with van der Waals surface area (Å²) in [5.41, 5.74) is 2.24. The van der Waals surface area contributed by atoms with Crippen LogP contribution in [0, 0.1) is 0 Å². The van der Waals surface area contributed by atoms with Gasteiger partial charge in [0.2, 0.25) is 0 Å². The van der Waals surface area contributed by atoms with Crippen LogP contribution in [0.4, 0.5) is 37.1 Å². The molecule has 0 saturated carbocycles. The highest BCUT2D eigenvalue weighted by Crippen LogP contribution is 2.23. The molecule has 252 valence electrons. The summed E-state index contributed by atoms with van der Waals surface area (Å²) in [6.07, 6.45) is -1.21. The van der Waals surface area contributed by atoms with E-state index in [0.717, 1.165) is 11.3 Å². The third kappa shape index (κ3) is 12.6. The average molecular weight is 647 g/mol. The molecule has 0 radical (unpaired) electrons. The molecular formula is C35H46N6O6. The Balaban J connectivity index is 1.70. The van der Waals surface area contributed by atoms with Gasteiger partial charge in [-0.25, -0.2) is 14.4 Å². The molecule has 3 rings (SSSR count). The second-order valence-corrected chi connectivity index (χ2v) is 13.0. The summed E-state index contributed by atoms with van der Waals surface area (Å²) in [6.45, 7) is 11.2. The molecule has 3 aromatic carbocycles. The van der Waals surface area contributed by atoms with Gasteiger partial charge in [0.05, 0.1) is 11.4 Å². The minimum Gasteiger partial charge on any atom is -0.444 e. The molecule has 47 heavy (non-hydrogen) atoms. The van der Waals surface area contributed by atoms with Crippen molar-refractivity contribution in [2.24, 2.45) is 0 Å². The second-order valence-electron chi connectivity index (χ2n) is 13.0. The topological polar surface area (TPSA) is 141 Å². The van der Waals surface area contributed by atoms with Crippen molar-refractivity contribution in [3.05, 3.63) is 83.9 Å². The summed E-state index contributed by atoms with van der Waals surface area (Å²) in [7, 11) is 3.87. The number of nitrogens with zero attached hydrogens (tertiary/aromatic N) is 2. The molecular weight excluding hydrogens is 600 g/mol. The number of nitrogens with one attached hydrogen (secondary N) is 4. The number of hydrogen-bond acceptors (Lipinski definition) is 7. The molecule has 0 spiro atoms. The highest BCUT2D eigenvalue weighted by molar-refractivity contribution is 6.06. The van der Waals surface area contributed by atoms with Gasteiger partial charge in [0.15, 0.2) is 0 Å². The molecule has 0 atom stereocenters. The first-order valence-electron chi connectivity index (χ1n) is 15.3. The van der Waals surface area contributed by atoms with Gasteiger partial charge in [-0.3, -0.25) is 10.1 Å². The summed E-state index contributed by atoms with van der Waals surface area (Å²) in [5.74, 6) is -0.382.